The average Bonchev–Trinajstić information content (AvgIpc) is 2.43. The number of carbonyl (C=O) groups excluding carboxylic acids is 1. The lowest BCUT2D eigenvalue weighted by Crippen LogP contribution is -2.28. The van der Waals surface area contributed by atoms with Crippen molar-refractivity contribution in [2.45, 2.75) is 58.5 Å². The zero-order valence-corrected chi connectivity index (χ0v) is 12.7. The van der Waals surface area contributed by atoms with Crippen LogP contribution in [0.4, 0.5) is 0 Å². The van der Waals surface area contributed by atoms with Crippen LogP contribution in [0.1, 0.15) is 52.4 Å². The molecule has 0 radical (unpaired) electrons. The highest BCUT2D eigenvalue weighted by Gasteiger charge is 2.21. The normalized spacial score (nSPS) is 30.7. The van der Waals surface area contributed by atoms with Crippen molar-refractivity contribution in [1.29, 1.82) is 0 Å². The molecule has 3 nitrogen and oxygen atoms in total. The van der Waals surface area contributed by atoms with Crippen LogP contribution < -0.4 is 0 Å². The van der Waals surface area contributed by atoms with Crippen molar-refractivity contribution in [3.8, 4) is 0 Å². The van der Waals surface area contributed by atoms with Gasteiger partial charge in [0.1, 0.15) is 5.78 Å². The van der Waals surface area contributed by atoms with E-state index in [-0.39, 0.29) is 18.4 Å². The summed E-state index contributed by atoms with van der Waals surface area (Å²) in [6.07, 6.45) is 10.2. The van der Waals surface area contributed by atoms with Gasteiger partial charge in [0.05, 0.1) is 12.7 Å². The molecule has 0 fully saturated rings. The monoisotopic (exact) mass is 280 g/mol. The molecule has 0 aromatic carbocycles. The van der Waals surface area contributed by atoms with Crippen molar-refractivity contribution in [2.24, 2.45) is 11.8 Å². The first-order valence-corrected chi connectivity index (χ1v) is 7.69. The standard InChI is InChI=1S/C17H28O3/c1-13-9-10-16(19)8-6-4-3-5-7-15(12-18)17(20)14(2)11-13/h5,7,11,14-15,17-18,20H,3-4,6,8-10,12H2,1-2H3/t14-,15-,17+/m1/s1. The maximum absolute atomic E-state index is 11.7. The van der Waals surface area contributed by atoms with E-state index in [2.05, 4.69) is 0 Å². The number of hydrogen-bond donors (Lipinski definition) is 2. The Bertz CT molecular complexity index is 357. The molecule has 0 saturated carbocycles. The summed E-state index contributed by atoms with van der Waals surface area (Å²) in [5.41, 5.74) is 1.14. The molecule has 0 bridgehead atoms. The van der Waals surface area contributed by atoms with E-state index in [1.54, 1.807) is 0 Å². The van der Waals surface area contributed by atoms with E-state index >= 15 is 0 Å². The molecule has 0 amide bonds. The van der Waals surface area contributed by atoms with Gasteiger partial charge in [-0.2, -0.15) is 0 Å². The molecule has 1 rings (SSSR count). The fourth-order valence-corrected chi connectivity index (χ4v) is 2.62. The SMILES string of the molecule is CC1=C[C@@H](C)[C@H](O)[C@@H](CO)C=CCCCCC(=O)CC1. The third kappa shape index (κ3) is 6.02. The Morgan fingerprint density at radius 3 is 2.70 bits per heavy atom. The van der Waals surface area contributed by atoms with Gasteiger partial charge in [0.15, 0.2) is 0 Å². The van der Waals surface area contributed by atoms with Crippen molar-refractivity contribution in [3.63, 3.8) is 0 Å². The molecule has 0 saturated heterocycles. The third-order valence-electron chi connectivity index (χ3n) is 3.99. The van der Waals surface area contributed by atoms with Crippen molar-refractivity contribution in [1.82, 2.24) is 0 Å². The number of rotatable bonds is 1. The van der Waals surface area contributed by atoms with Crippen LogP contribution in [0.2, 0.25) is 0 Å². The maximum atomic E-state index is 11.7. The number of carbonyl (C=O) groups is 1. The summed E-state index contributed by atoms with van der Waals surface area (Å²) >= 11 is 0. The molecule has 0 aromatic heterocycles. The Morgan fingerprint density at radius 1 is 1.25 bits per heavy atom. The second-order valence-corrected chi connectivity index (χ2v) is 5.92. The Balaban J connectivity index is 2.78. The van der Waals surface area contributed by atoms with Gasteiger partial charge in [0.25, 0.3) is 0 Å². The summed E-state index contributed by atoms with van der Waals surface area (Å²) < 4.78 is 0. The van der Waals surface area contributed by atoms with Gasteiger partial charge < -0.3 is 10.2 Å². The Kier molecular flexibility index (Phi) is 7.78. The zero-order valence-electron chi connectivity index (χ0n) is 12.7. The number of aliphatic hydroxyl groups is 2. The highest BCUT2D eigenvalue weighted by atomic mass is 16.3. The first kappa shape index (κ1) is 17.1. The van der Waals surface area contributed by atoms with Crippen LogP contribution in [-0.4, -0.2) is 28.7 Å². The van der Waals surface area contributed by atoms with Crippen LogP contribution in [0.25, 0.3) is 0 Å². The highest BCUT2D eigenvalue weighted by molar-refractivity contribution is 5.78. The molecule has 0 heterocycles. The number of ketones is 1. The average molecular weight is 280 g/mol. The van der Waals surface area contributed by atoms with Crippen molar-refractivity contribution in [2.75, 3.05) is 6.61 Å². The molecule has 0 spiro atoms. The summed E-state index contributed by atoms with van der Waals surface area (Å²) in [5.74, 6) is 0.105. The van der Waals surface area contributed by atoms with Crippen molar-refractivity contribution in [3.05, 3.63) is 23.8 Å². The maximum Gasteiger partial charge on any atom is 0.133 e. The molecule has 3 atom stereocenters. The summed E-state index contributed by atoms with van der Waals surface area (Å²) in [6.45, 7) is 3.93. The van der Waals surface area contributed by atoms with Crippen LogP contribution in [0.5, 0.6) is 0 Å². The van der Waals surface area contributed by atoms with Crippen LogP contribution in [-0.2, 0) is 4.79 Å². The van der Waals surface area contributed by atoms with E-state index < -0.39 is 6.10 Å². The van der Waals surface area contributed by atoms with Crippen LogP contribution >= 0.6 is 0 Å². The Hall–Kier alpha value is -0.930. The molecular formula is C17H28O3. The van der Waals surface area contributed by atoms with E-state index in [0.29, 0.717) is 18.6 Å². The first-order valence-electron chi connectivity index (χ1n) is 7.69. The van der Waals surface area contributed by atoms with Crippen LogP contribution in [0, 0.1) is 11.8 Å². The van der Waals surface area contributed by atoms with Gasteiger partial charge >= 0.3 is 0 Å². The molecular weight excluding hydrogens is 252 g/mol. The van der Waals surface area contributed by atoms with Gasteiger partial charge in [-0.25, -0.2) is 0 Å². The van der Waals surface area contributed by atoms with Crippen molar-refractivity contribution < 1.29 is 15.0 Å². The molecule has 20 heavy (non-hydrogen) atoms. The molecule has 114 valence electrons. The fourth-order valence-electron chi connectivity index (χ4n) is 2.62. The van der Waals surface area contributed by atoms with E-state index in [9.17, 15) is 15.0 Å². The zero-order chi connectivity index (χ0) is 15.0. The minimum atomic E-state index is -0.579. The lowest BCUT2D eigenvalue weighted by atomic mass is 9.89. The summed E-state index contributed by atoms with van der Waals surface area (Å²) in [4.78, 5) is 11.7. The predicted octanol–water partition coefficient (Wildman–Crippen LogP) is 3.02. The largest absolute Gasteiger partial charge is 0.396 e. The fraction of sp³-hybridized carbons (Fsp3) is 0.706. The molecule has 0 unspecified atom stereocenters. The van der Waals surface area contributed by atoms with Gasteiger partial charge in [0, 0.05) is 24.7 Å². The van der Waals surface area contributed by atoms with Gasteiger partial charge in [-0.3, -0.25) is 4.79 Å². The molecule has 3 heteroatoms. The molecule has 2 N–H and O–H groups in total. The summed E-state index contributed by atoms with van der Waals surface area (Å²) in [5, 5.41) is 19.7. The van der Waals surface area contributed by atoms with E-state index in [1.165, 1.54) is 0 Å². The minimum absolute atomic E-state index is 0.0187. The van der Waals surface area contributed by atoms with Gasteiger partial charge in [-0.1, -0.05) is 30.7 Å². The summed E-state index contributed by atoms with van der Waals surface area (Å²) in [7, 11) is 0. The first-order chi connectivity index (χ1) is 9.54. The molecule has 0 aliphatic heterocycles. The second-order valence-electron chi connectivity index (χ2n) is 5.92. The van der Waals surface area contributed by atoms with E-state index in [1.807, 2.05) is 32.1 Å². The van der Waals surface area contributed by atoms with Gasteiger partial charge in [0.2, 0.25) is 0 Å². The molecule has 1 aliphatic rings. The quantitative estimate of drug-likeness (QED) is 0.726. The number of hydrogen-bond acceptors (Lipinski definition) is 3. The number of allylic oxidation sites excluding steroid dienone is 2. The lowest BCUT2D eigenvalue weighted by molar-refractivity contribution is -0.119. The van der Waals surface area contributed by atoms with Crippen LogP contribution in [0.3, 0.4) is 0 Å². The van der Waals surface area contributed by atoms with Gasteiger partial charge in [-0.15, -0.1) is 0 Å². The molecule has 1 aliphatic carbocycles. The topological polar surface area (TPSA) is 57.5 Å². The Labute approximate surface area is 122 Å². The number of aliphatic hydroxyl groups excluding tert-OH is 2. The van der Waals surface area contributed by atoms with E-state index in [4.69, 9.17) is 0 Å². The van der Waals surface area contributed by atoms with E-state index in [0.717, 1.165) is 31.3 Å². The minimum Gasteiger partial charge on any atom is -0.396 e. The molecule has 0 aromatic rings. The highest BCUT2D eigenvalue weighted by Crippen LogP contribution is 2.20. The number of Topliss-reactive ketones (excluding diaryl/α,β-unsaturated/α-hetero) is 1. The Morgan fingerprint density at radius 2 is 2.00 bits per heavy atom. The van der Waals surface area contributed by atoms with Crippen LogP contribution in [0.15, 0.2) is 23.8 Å². The smallest absolute Gasteiger partial charge is 0.133 e. The second kappa shape index (κ2) is 9.09. The lowest BCUT2D eigenvalue weighted by Gasteiger charge is -2.23. The predicted molar refractivity (Wildman–Crippen MR) is 81.4 cm³/mol. The third-order valence-corrected chi connectivity index (χ3v) is 3.99. The van der Waals surface area contributed by atoms with Crippen molar-refractivity contribution >= 4 is 5.78 Å². The summed E-state index contributed by atoms with van der Waals surface area (Å²) in [6, 6.07) is 0. The van der Waals surface area contributed by atoms with Gasteiger partial charge in [-0.05, 0) is 32.6 Å².